The maximum atomic E-state index is 12.6. The van der Waals surface area contributed by atoms with E-state index in [1.807, 2.05) is 12.1 Å². The number of aromatic nitrogens is 1. The van der Waals surface area contributed by atoms with Crippen LogP contribution in [0.15, 0.2) is 53.3 Å². The van der Waals surface area contributed by atoms with Crippen LogP contribution in [0.1, 0.15) is 6.92 Å². The SMILES string of the molecule is CCOC(=O)NNC(=O)Cn1c2ccccc2c(=O)c2ccccc21. The summed E-state index contributed by atoms with van der Waals surface area (Å²) in [5.74, 6) is -0.438. The van der Waals surface area contributed by atoms with Crippen molar-refractivity contribution in [3.8, 4) is 0 Å². The standard InChI is InChI=1S/C18H17N3O4/c1-2-25-18(24)20-19-16(22)11-21-14-9-5-3-7-12(14)17(23)13-8-4-6-10-15(13)21/h3-10H,2,11H2,1H3,(H,19,22)(H,20,24). The fraction of sp³-hybridized carbons (Fsp3) is 0.167. The van der Waals surface area contributed by atoms with E-state index in [1.54, 1.807) is 47.9 Å². The highest BCUT2D eigenvalue weighted by molar-refractivity contribution is 5.95. The minimum Gasteiger partial charge on any atom is -0.449 e. The van der Waals surface area contributed by atoms with Gasteiger partial charge in [0.25, 0.3) is 5.91 Å². The summed E-state index contributed by atoms with van der Waals surface area (Å²) in [6, 6.07) is 14.2. The number of carbonyl (C=O) groups excluding carboxylic acids is 2. The maximum absolute atomic E-state index is 12.6. The van der Waals surface area contributed by atoms with Crippen LogP contribution in [-0.2, 0) is 16.1 Å². The summed E-state index contributed by atoms with van der Waals surface area (Å²) < 4.78 is 6.43. The summed E-state index contributed by atoms with van der Waals surface area (Å²) in [7, 11) is 0. The monoisotopic (exact) mass is 339 g/mol. The van der Waals surface area contributed by atoms with E-state index in [0.717, 1.165) is 0 Å². The molecule has 1 aromatic heterocycles. The van der Waals surface area contributed by atoms with Crippen LogP contribution in [0.5, 0.6) is 0 Å². The van der Waals surface area contributed by atoms with Gasteiger partial charge >= 0.3 is 6.09 Å². The highest BCUT2D eigenvalue weighted by atomic mass is 16.5. The van der Waals surface area contributed by atoms with Crippen molar-refractivity contribution in [3.63, 3.8) is 0 Å². The Bertz CT molecular complexity index is 950. The van der Waals surface area contributed by atoms with Gasteiger partial charge in [-0.1, -0.05) is 24.3 Å². The molecule has 7 nitrogen and oxygen atoms in total. The van der Waals surface area contributed by atoms with Gasteiger partial charge in [-0.15, -0.1) is 0 Å². The number of para-hydroxylation sites is 2. The van der Waals surface area contributed by atoms with Gasteiger partial charge in [0, 0.05) is 10.8 Å². The number of hydrazine groups is 1. The lowest BCUT2D eigenvalue weighted by atomic mass is 10.1. The van der Waals surface area contributed by atoms with E-state index in [-0.39, 0.29) is 18.6 Å². The number of hydrogen-bond acceptors (Lipinski definition) is 4. The molecule has 0 fully saturated rings. The van der Waals surface area contributed by atoms with Crippen molar-refractivity contribution in [2.75, 3.05) is 6.61 Å². The first-order valence-corrected chi connectivity index (χ1v) is 7.83. The molecule has 2 aromatic carbocycles. The van der Waals surface area contributed by atoms with Crippen LogP contribution < -0.4 is 16.3 Å². The van der Waals surface area contributed by atoms with Crippen molar-refractivity contribution in [1.82, 2.24) is 15.4 Å². The number of rotatable bonds is 3. The molecular formula is C18H17N3O4. The summed E-state index contributed by atoms with van der Waals surface area (Å²) in [6.45, 7) is 1.81. The van der Waals surface area contributed by atoms with Crippen LogP contribution in [0.25, 0.3) is 21.8 Å². The molecule has 0 aliphatic carbocycles. The first-order valence-electron chi connectivity index (χ1n) is 7.83. The zero-order valence-corrected chi connectivity index (χ0v) is 13.6. The van der Waals surface area contributed by atoms with Crippen molar-refractivity contribution in [2.24, 2.45) is 0 Å². The normalized spacial score (nSPS) is 10.6. The lowest BCUT2D eigenvalue weighted by Gasteiger charge is -2.15. The third-order valence-corrected chi connectivity index (χ3v) is 3.76. The van der Waals surface area contributed by atoms with Crippen LogP contribution in [-0.4, -0.2) is 23.2 Å². The Morgan fingerprint density at radius 2 is 1.52 bits per heavy atom. The molecule has 2 amide bonds. The van der Waals surface area contributed by atoms with Crippen LogP contribution in [0.4, 0.5) is 4.79 Å². The molecule has 3 aromatic rings. The molecule has 0 atom stereocenters. The Morgan fingerprint density at radius 3 is 2.08 bits per heavy atom. The fourth-order valence-electron chi connectivity index (χ4n) is 2.72. The smallest absolute Gasteiger partial charge is 0.426 e. The van der Waals surface area contributed by atoms with Crippen molar-refractivity contribution in [2.45, 2.75) is 13.5 Å². The second kappa shape index (κ2) is 7.04. The summed E-state index contributed by atoms with van der Waals surface area (Å²) >= 11 is 0. The third kappa shape index (κ3) is 3.30. The molecule has 0 bridgehead atoms. The third-order valence-electron chi connectivity index (χ3n) is 3.76. The summed E-state index contributed by atoms with van der Waals surface area (Å²) in [6.07, 6.45) is -0.731. The van der Waals surface area contributed by atoms with E-state index in [9.17, 15) is 14.4 Å². The number of carbonyl (C=O) groups is 2. The van der Waals surface area contributed by atoms with Crippen LogP contribution >= 0.6 is 0 Å². The lowest BCUT2D eigenvalue weighted by molar-refractivity contribution is -0.122. The molecule has 0 aliphatic heterocycles. The minimum absolute atomic E-state index is 0.0618. The van der Waals surface area contributed by atoms with Crippen molar-refractivity contribution in [3.05, 3.63) is 58.8 Å². The van der Waals surface area contributed by atoms with Gasteiger partial charge in [0.05, 0.1) is 17.6 Å². The minimum atomic E-state index is -0.731. The molecule has 0 aliphatic rings. The van der Waals surface area contributed by atoms with E-state index in [2.05, 4.69) is 15.6 Å². The van der Waals surface area contributed by atoms with Gasteiger partial charge in [-0.2, -0.15) is 0 Å². The Hall–Kier alpha value is -3.35. The summed E-state index contributed by atoms with van der Waals surface area (Å²) in [4.78, 5) is 36.1. The highest BCUT2D eigenvalue weighted by Gasteiger charge is 2.13. The van der Waals surface area contributed by atoms with E-state index in [4.69, 9.17) is 0 Å². The Labute approximate surface area is 143 Å². The first-order chi connectivity index (χ1) is 12.1. The van der Waals surface area contributed by atoms with Crippen molar-refractivity contribution >= 4 is 33.8 Å². The van der Waals surface area contributed by atoms with Gasteiger partial charge in [0.15, 0.2) is 5.43 Å². The molecule has 0 unspecified atom stereocenters. The number of pyridine rings is 1. The van der Waals surface area contributed by atoms with E-state index in [1.165, 1.54) is 0 Å². The molecule has 0 radical (unpaired) electrons. The molecular weight excluding hydrogens is 322 g/mol. The Balaban J connectivity index is 1.99. The molecule has 25 heavy (non-hydrogen) atoms. The van der Waals surface area contributed by atoms with E-state index >= 15 is 0 Å². The van der Waals surface area contributed by atoms with Gasteiger partial charge in [-0.05, 0) is 31.2 Å². The molecule has 128 valence electrons. The van der Waals surface area contributed by atoms with Crippen LogP contribution in [0.3, 0.4) is 0 Å². The molecule has 0 saturated heterocycles. The lowest BCUT2D eigenvalue weighted by Crippen LogP contribution is -2.43. The van der Waals surface area contributed by atoms with Crippen LogP contribution in [0, 0.1) is 0 Å². The predicted molar refractivity (Wildman–Crippen MR) is 94.0 cm³/mol. The molecule has 3 rings (SSSR count). The predicted octanol–water partition coefficient (Wildman–Crippen LogP) is 1.93. The quantitative estimate of drug-likeness (QED) is 0.564. The second-order valence-corrected chi connectivity index (χ2v) is 5.34. The zero-order chi connectivity index (χ0) is 17.8. The summed E-state index contributed by atoms with van der Waals surface area (Å²) in [5, 5.41) is 1.07. The zero-order valence-electron chi connectivity index (χ0n) is 13.6. The molecule has 2 N–H and O–H groups in total. The summed E-state index contributed by atoms with van der Waals surface area (Å²) in [5.41, 5.74) is 5.70. The maximum Gasteiger partial charge on any atom is 0.426 e. The number of nitrogens with one attached hydrogen (secondary N) is 2. The highest BCUT2D eigenvalue weighted by Crippen LogP contribution is 2.18. The van der Waals surface area contributed by atoms with Gasteiger partial charge in [-0.3, -0.25) is 15.0 Å². The van der Waals surface area contributed by atoms with Crippen molar-refractivity contribution < 1.29 is 14.3 Å². The van der Waals surface area contributed by atoms with Gasteiger partial charge < -0.3 is 9.30 Å². The number of hydrogen-bond donors (Lipinski definition) is 2. The second-order valence-electron chi connectivity index (χ2n) is 5.34. The number of amides is 2. The molecule has 7 heteroatoms. The van der Waals surface area contributed by atoms with E-state index in [0.29, 0.717) is 21.8 Å². The van der Waals surface area contributed by atoms with Crippen LogP contribution in [0.2, 0.25) is 0 Å². The molecule has 0 saturated carbocycles. The average Bonchev–Trinajstić information content (AvgIpc) is 2.64. The molecule has 1 heterocycles. The van der Waals surface area contributed by atoms with Crippen molar-refractivity contribution in [1.29, 1.82) is 0 Å². The van der Waals surface area contributed by atoms with Gasteiger partial charge in [0.2, 0.25) is 0 Å². The first kappa shape index (κ1) is 16.5. The van der Waals surface area contributed by atoms with Gasteiger partial charge in [-0.25, -0.2) is 10.2 Å². The topological polar surface area (TPSA) is 89.4 Å². The molecule has 0 spiro atoms. The average molecular weight is 339 g/mol. The Morgan fingerprint density at radius 1 is 0.960 bits per heavy atom. The number of nitrogens with zero attached hydrogens (tertiary/aromatic N) is 1. The Kier molecular flexibility index (Phi) is 4.65. The van der Waals surface area contributed by atoms with E-state index < -0.39 is 12.0 Å². The number of benzene rings is 2. The fourth-order valence-corrected chi connectivity index (χ4v) is 2.72. The largest absolute Gasteiger partial charge is 0.449 e. The number of fused-ring (bicyclic) bond motifs is 2. The van der Waals surface area contributed by atoms with Gasteiger partial charge in [0.1, 0.15) is 6.54 Å². The number of ether oxygens (including phenoxy) is 1.